The van der Waals surface area contributed by atoms with Gasteiger partial charge in [0.2, 0.25) is 0 Å². The number of nitro groups is 1. The molecule has 0 fully saturated rings. The van der Waals surface area contributed by atoms with E-state index in [1.165, 1.54) is 18.2 Å². The van der Waals surface area contributed by atoms with Crippen LogP contribution in [0.25, 0.3) is 0 Å². The molecule has 0 saturated heterocycles. The normalized spacial score (nSPS) is 10.4. The monoisotopic (exact) mass is 357 g/mol. The molecule has 0 aliphatic heterocycles. The standard InChI is InChI=1S/C15H11F4N3O3/c16-9-7-8(12(17)14(19)13(9)18)15(23)21-6-5-20-10-3-1-2-4-11(10)22(24)25/h1-4,7,20H,5-6H2,(H,21,23). The predicted molar refractivity (Wildman–Crippen MR) is 80.2 cm³/mol. The van der Waals surface area contributed by atoms with E-state index >= 15 is 0 Å². The van der Waals surface area contributed by atoms with E-state index in [1.807, 2.05) is 0 Å². The summed E-state index contributed by atoms with van der Waals surface area (Å²) < 4.78 is 52.5. The molecule has 2 N–H and O–H groups in total. The molecule has 0 spiro atoms. The fraction of sp³-hybridized carbons (Fsp3) is 0.133. The van der Waals surface area contributed by atoms with E-state index in [0.29, 0.717) is 0 Å². The first-order chi connectivity index (χ1) is 11.8. The topological polar surface area (TPSA) is 84.3 Å². The molecule has 0 atom stereocenters. The second-order valence-corrected chi connectivity index (χ2v) is 4.80. The first kappa shape index (κ1) is 18.2. The van der Waals surface area contributed by atoms with Crippen molar-refractivity contribution >= 4 is 17.3 Å². The molecule has 0 aliphatic carbocycles. The van der Waals surface area contributed by atoms with Crippen LogP contribution in [0.15, 0.2) is 30.3 Å². The zero-order chi connectivity index (χ0) is 18.6. The summed E-state index contributed by atoms with van der Waals surface area (Å²) >= 11 is 0. The van der Waals surface area contributed by atoms with Crippen molar-refractivity contribution < 1.29 is 27.3 Å². The number of carbonyl (C=O) groups excluding carboxylic acids is 1. The van der Waals surface area contributed by atoms with Crippen LogP contribution in [0.2, 0.25) is 0 Å². The van der Waals surface area contributed by atoms with E-state index in [4.69, 9.17) is 0 Å². The van der Waals surface area contributed by atoms with E-state index in [0.717, 1.165) is 0 Å². The molecular weight excluding hydrogens is 346 g/mol. The van der Waals surface area contributed by atoms with Gasteiger partial charge in [-0.2, -0.15) is 0 Å². The number of amides is 1. The summed E-state index contributed by atoms with van der Waals surface area (Å²) in [7, 11) is 0. The summed E-state index contributed by atoms with van der Waals surface area (Å²) in [4.78, 5) is 22.0. The number of carbonyl (C=O) groups is 1. The molecule has 6 nitrogen and oxygen atoms in total. The van der Waals surface area contributed by atoms with E-state index in [1.54, 1.807) is 6.07 Å². The van der Waals surface area contributed by atoms with Crippen molar-refractivity contribution in [3.63, 3.8) is 0 Å². The molecule has 132 valence electrons. The third-order valence-corrected chi connectivity index (χ3v) is 3.17. The van der Waals surface area contributed by atoms with Gasteiger partial charge in [0.15, 0.2) is 23.3 Å². The largest absolute Gasteiger partial charge is 0.378 e. The zero-order valence-corrected chi connectivity index (χ0v) is 12.5. The fourth-order valence-electron chi connectivity index (χ4n) is 1.99. The van der Waals surface area contributed by atoms with Crippen LogP contribution in [0.4, 0.5) is 28.9 Å². The van der Waals surface area contributed by atoms with Gasteiger partial charge in [-0.1, -0.05) is 12.1 Å². The lowest BCUT2D eigenvalue weighted by Gasteiger charge is -2.09. The lowest BCUT2D eigenvalue weighted by molar-refractivity contribution is -0.384. The lowest BCUT2D eigenvalue weighted by Crippen LogP contribution is -2.30. The third kappa shape index (κ3) is 4.03. The summed E-state index contributed by atoms with van der Waals surface area (Å²) in [5.74, 6) is -8.74. The third-order valence-electron chi connectivity index (χ3n) is 3.17. The Morgan fingerprint density at radius 2 is 1.72 bits per heavy atom. The Bertz CT molecular complexity index is 830. The predicted octanol–water partition coefficient (Wildman–Crippen LogP) is 2.99. The molecule has 10 heteroatoms. The lowest BCUT2D eigenvalue weighted by atomic mass is 10.1. The van der Waals surface area contributed by atoms with Crippen molar-refractivity contribution in [1.82, 2.24) is 5.32 Å². The van der Waals surface area contributed by atoms with Crippen molar-refractivity contribution in [3.05, 3.63) is 69.3 Å². The van der Waals surface area contributed by atoms with Crippen LogP contribution < -0.4 is 10.6 Å². The van der Waals surface area contributed by atoms with Crippen molar-refractivity contribution in [3.8, 4) is 0 Å². The van der Waals surface area contributed by atoms with Crippen LogP contribution in [-0.4, -0.2) is 23.9 Å². The first-order valence-corrected chi connectivity index (χ1v) is 6.91. The van der Waals surface area contributed by atoms with Crippen LogP contribution in [0, 0.1) is 33.4 Å². The SMILES string of the molecule is O=C(NCCNc1ccccc1[N+](=O)[O-])c1cc(F)c(F)c(F)c1F. The molecule has 2 aromatic carbocycles. The van der Waals surface area contributed by atoms with Gasteiger partial charge >= 0.3 is 0 Å². The molecule has 0 aromatic heterocycles. The minimum atomic E-state index is -2.08. The Hall–Kier alpha value is -3.17. The van der Waals surface area contributed by atoms with Gasteiger partial charge in [-0.3, -0.25) is 14.9 Å². The number of anilines is 1. The highest BCUT2D eigenvalue weighted by atomic mass is 19.2. The van der Waals surface area contributed by atoms with Gasteiger partial charge in [0.05, 0.1) is 10.5 Å². The molecule has 0 heterocycles. The summed E-state index contributed by atoms with van der Waals surface area (Å²) in [6, 6.07) is 6.02. The summed E-state index contributed by atoms with van der Waals surface area (Å²) in [5, 5.41) is 15.7. The van der Waals surface area contributed by atoms with Crippen molar-refractivity contribution in [1.29, 1.82) is 0 Å². The Morgan fingerprint density at radius 3 is 2.40 bits per heavy atom. The van der Waals surface area contributed by atoms with Gasteiger partial charge in [-0.15, -0.1) is 0 Å². The van der Waals surface area contributed by atoms with Crippen LogP contribution in [-0.2, 0) is 0 Å². The Kier molecular flexibility index (Phi) is 5.52. The molecule has 2 aromatic rings. The van der Waals surface area contributed by atoms with E-state index in [2.05, 4.69) is 10.6 Å². The minimum absolute atomic E-state index is 0.0182. The second kappa shape index (κ2) is 7.60. The molecule has 0 radical (unpaired) electrons. The Balaban J connectivity index is 1.97. The Morgan fingerprint density at radius 1 is 1.04 bits per heavy atom. The molecule has 1 amide bonds. The smallest absolute Gasteiger partial charge is 0.292 e. The van der Waals surface area contributed by atoms with Crippen LogP contribution in [0.1, 0.15) is 10.4 Å². The number of para-hydroxylation sites is 2. The van der Waals surface area contributed by atoms with Crippen molar-refractivity contribution in [2.75, 3.05) is 18.4 Å². The average Bonchev–Trinajstić information content (AvgIpc) is 2.60. The molecule has 25 heavy (non-hydrogen) atoms. The maximum Gasteiger partial charge on any atom is 0.292 e. The number of nitro benzene ring substituents is 1. The average molecular weight is 357 g/mol. The zero-order valence-electron chi connectivity index (χ0n) is 12.5. The number of hydrogen-bond donors (Lipinski definition) is 2. The minimum Gasteiger partial charge on any atom is -0.378 e. The number of hydrogen-bond acceptors (Lipinski definition) is 4. The van der Waals surface area contributed by atoms with Gasteiger partial charge in [0, 0.05) is 19.2 Å². The summed E-state index contributed by atoms with van der Waals surface area (Å²) in [5.41, 5.74) is -0.962. The number of rotatable bonds is 6. The van der Waals surface area contributed by atoms with Gasteiger partial charge in [-0.25, -0.2) is 17.6 Å². The van der Waals surface area contributed by atoms with Gasteiger partial charge in [0.25, 0.3) is 11.6 Å². The molecular formula is C15H11F4N3O3. The number of halogens is 4. The fourth-order valence-corrected chi connectivity index (χ4v) is 1.99. The Labute approximate surface area is 138 Å². The van der Waals surface area contributed by atoms with E-state index < -0.39 is 39.7 Å². The highest BCUT2D eigenvalue weighted by molar-refractivity contribution is 5.94. The summed E-state index contributed by atoms with van der Waals surface area (Å²) in [6.07, 6.45) is 0. The quantitative estimate of drug-likeness (QED) is 0.208. The molecule has 0 unspecified atom stereocenters. The summed E-state index contributed by atoms with van der Waals surface area (Å²) in [6.45, 7) is -0.116. The van der Waals surface area contributed by atoms with E-state index in [-0.39, 0.29) is 30.5 Å². The second-order valence-electron chi connectivity index (χ2n) is 4.80. The molecule has 0 saturated carbocycles. The highest BCUT2D eigenvalue weighted by Crippen LogP contribution is 2.22. The van der Waals surface area contributed by atoms with Crippen LogP contribution in [0.5, 0.6) is 0 Å². The maximum atomic E-state index is 13.5. The van der Waals surface area contributed by atoms with Gasteiger partial charge < -0.3 is 10.6 Å². The number of nitrogens with zero attached hydrogens (tertiary/aromatic N) is 1. The highest BCUT2D eigenvalue weighted by Gasteiger charge is 2.22. The van der Waals surface area contributed by atoms with Gasteiger partial charge in [-0.05, 0) is 12.1 Å². The number of benzene rings is 2. The molecule has 0 bridgehead atoms. The van der Waals surface area contributed by atoms with Crippen molar-refractivity contribution in [2.24, 2.45) is 0 Å². The molecule has 0 aliphatic rings. The van der Waals surface area contributed by atoms with E-state index in [9.17, 15) is 32.5 Å². The van der Waals surface area contributed by atoms with Crippen LogP contribution in [0.3, 0.4) is 0 Å². The van der Waals surface area contributed by atoms with Gasteiger partial charge in [0.1, 0.15) is 5.69 Å². The van der Waals surface area contributed by atoms with Crippen molar-refractivity contribution in [2.45, 2.75) is 0 Å². The van der Waals surface area contributed by atoms with Crippen LogP contribution >= 0.6 is 0 Å². The maximum absolute atomic E-state index is 13.5. The first-order valence-electron chi connectivity index (χ1n) is 6.91. The number of nitrogens with one attached hydrogen (secondary N) is 2. The molecule has 2 rings (SSSR count).